The highest BCUT2D eigenvalue weighted by Crippen LogP contribution is 2.48. The fraction of sp³-hybridized carbons (Fsp3) is 0.308. The highest BCUT2D eigenvalue weighted by molar-refractivity contribution is 7.21. The predicted octanol–water partition coefficient (Wildman–Crippen LogP) is 5.96. The van der Waals surface area contributed by atoms with E-state index >= 15 is 0 Å². The van der Waals surface area contributed by atoms with Gasteiger partial charge in [0.05, 0.1) is 6.61 Å². The summed E-state index contributed by atoms with van der Waals surface area (Å²) in [6, 6.07) is 9.27. The van der Waals surface area contributed by atoms with Crippen LogP contribution in [0.5, 0.6) is 0 Å². The average molecular weight is 483 g/mol. The number of rotatable bonds is 7. The Morgan fingerprint density at radius 1 is 0.941 bits per heavy atom. The Hall–Kier alpha value is -3.39. The van der Waals surface area contributed by atoms with Gasteiger partial charge in [0.1, 0.15) is 16.4 Å². The first-order valence-corrected chi connectivity index (χ1v) is 11.9. The van der Waals surface area contributed by atoms with Crippen LogP contribution < -0.4 is 4.90 Å². The summed E-state index contributed by atoms with van der Waals surface area (Å²) in [6.45, 7) is 8.59. The summed E-state index contributed by atoms with van der Waals surface area (Å²) in [5.74, 6) is -2.90. The van der Waals surface area contributed by atoms with Crippen LogP contribution in [0.25, 0.3) is 21.6 Å². The number of thiophene rings is 1. The van der Waals surface area contributed by atoms with Crippen LogP contribution in [0.3, 0.4) is 0 Å². The molecule has 8 heteroatoms. The lowest BCUT2D eigenvalue weighted by Gasteiger charge is -2.24. The molecule has 0 bridgehead atoms. The molecule has 0 fully saturated rings. The highest BCUT2D eigenvalue weighted by atomic mass is 32.1. The van der Waals surface area contributed by atoms with Gasteiger partial charge in [-0.25, -0.2) is 14.1 Å². The summed E-state index contributed by atoms with van der Waals surface area (Å²) in [4.78, 5) is 45.6. The monoisotopic (exact) mass is 482 g/mol. The number of imide groups is 1. The first kappa shape index (κ1) is 25.2. The number of carbonyl (C=O) groups is 3. The molecular weight excluding hydrogens is 455 g/mol. The zero-order valence-corrected chi connectivity index (χ0v) is 20.6. The normalized spacial score (nSPS) is 11.1. The zero-order chi connectivity index (χ0) is 25.0. The standard InChI is InChI=1S/C26H27FN2O4S/c1-6-33-26(32)21-20(17-7-9-19(27)10-8-17)22(18-11-13-28-14-12-18)34-25(21)29(23(30)15(2)3)24(31)16(4)5/h7-16H,6H2,1-5H3. The fourth-order valence-electron chi connectivity index (χ4n) is 3.39. The molecule has 0 aliphatic heterocycles. The number of anilines is 1. The molecule has 6 nitrogen and oxygen atoms in total. The van der Waals surface area contributed by atoms with Crippen molar-refractivity contribution >= 4 is 34.1 Å². The van der Waals surface area contributed by atoms with E-state index in [1.807, 2.05) is 0 Å². The number of halogens is 1. The summed E-state index contributed by atoms with van der Waals surface area (Å²) in [6.07, 6.45) is 3.23. The first-order chi connectivity index (χ1) is 16.2. The van der Waals surface area contributed by atoms with Crippen molar-refractivity contribution in [2.75, 3.05) is 11.5 Å². The molecule has 0 unspecified atom stereocenters. The zero-order valence-electron chi connectivity index (χ0n) is 19.8. The third-order valence-electron chi connectivity index (χ3n) is 5.08. The second-order valence-electron chi connectivity index (χ2n) is 8.27. The summed E-state index contributed by atoms with van der Waals surface area (Å²) in [5, 5.41) is 0.196. The number of nitrogens with zero attached hydrogens (tertiary/aromatic N) is 2. The Kier molecular flexibility index (Phi) is 7.94. The lowest BCUT2D eigenvalue weighted by molar-refractivity contribution is -0.129. The quantitative estimate of drug-likeness (QED) is 0.388. The molecule has 2 aromatic heterocycles. The molecule has 0 saturated heterocycles. The van der Waals surface area contributed by atoms with E-state index in [4.69, 9.17) is 4.74 Å². The number of hydrogen-bond donors (Lipinski definition) is 0. The van der Waals surface area contributed by atoms with Crippen LogP contribution in [0.4, 0.5) is 9.39 Å². The van der Waals surface area contributed by atoms with E-state index in [0.29, 0.717) is 16.0 Å². The van der Waals surface area contributed by atoms with Crippen LogP contribution >= 0.6 is 11.3 Å². The Balaban J connectivity index is 2.43. The number of benzene rings is 1. The average Bonchev–Trinajstić information content (AvgIpc) is 3.20. The van der Waals surface area contributed by atoms with E-state index in [2.05, 4.69) is 4.98 Å². The summed E-state index contributed by atoms with van der Waals surface area (Å²) in [5.41, 5.74) is 1.88. The van der Waals surface area contributed by atoms with Crippen LogP contribution in [0.15, 0.2) is 48.8 Å². The Morgan fingerprint density at radius 3 is 2.00 bits per heavy atom. The minimum Gasteiger partial charge on any atom is -0.462 e. The van der Waals surface area contributed by atoms with Crippen molar-refractivity contribution in [3.05, 3.63) is 60.2 Å². The van der Waals surface area contributed by atoms with Crippen LogP contribution in [0, 0.1) is 17.7 Å². The maximum atomic E-state index is 13.7. The summed E-state index contributed by atoms with van der Waals surface area (Å²) in [7, 11) is 0. The van der Waals surface area contributed by atoms with Crippen molar-refractivity contribution in [3.8, 4) is 21.6 Å². The van der Waals surface area contributed by atoms with Crippen LogP contribution in [-0.4, -0.2) is 29.4 Å². The second-order valence-corrected chi connectivity index (χ2v) is 9.27. The largest absolute Gasteiger partial charge is 0.462 e. The lowest BCUT2D eigenvalue weighted by Crippen LogP contribution is -2.42. The van der Waals surface area contributed by atoms with Gasteiger partial charge in [-0.3, -0.25) is 14.6 Å². The lowest BCUT2D eigenvalue weighted by atomic mass is 9.97. The Labute approximate surface area is 202 Å². The van der Waals surface area contributed by atoms with Crippen LogP contribution in [0.1, 0.15) is 45.0 Å². The van der Waals surface area contributed by atoms with E-state index in [0.717, 1.165) is 21.8 Å². The van der Waals surface area contributed by atoms with Gasteiger partial charge in [-0.2, -0.15) is 0 Å². The van der Waals surface area contributed by atoms with Crippen molar-refractivity contribution in [3.63, 3.8) is 0 Å². The fourth-order valence-corrected chi connectivity index (χ4v) is 4.72. The minimum absolute atomic E-state index is 0.105. The number of aromatic nitrogens is 1. The number of amides is 2. The van der Waals surface area contributed by atoms with Gasteiger partial charge in [0.25, 0.3) is 0 Å². The van der Waals surface area contributed by atoms with E-state index in [1.54, 1.807) is 71.3 Å². The van der Waals surface area contributed by atoms with E-state index in [-0.39, 0.29) is 17.2 Å². The Bertz CT molecular complexity index is 1170. The van der Waals surface area contributed by atoms with Gasteiger partial charge in [0.15, 0.2) is 0 Å². The maximum absolute atomic E-state index is 13.7. The summed E-state index contributed by atoms with van der Waals surface area (Å²) < 4.78 is 19.1. The number of esters is 1. The summed E-state index contributed by atoms with van der Waals surface area (Å²) >= 11 is 1.15. The van der Waals surface area contributed by atoms with Crippen molar-refractivity contribution in [2.24, 2.45) is 11.8 Å². The van der Waals surface area contributed by atoms with Gasteiger partial charge in [0.2, 0.25) is 11.8 Å². The smallest absolute Gasteiger partial charge is 0.341 e. The van der Waals surface area contributed by atoms with Crippen molar-refractivity contribution in [2.45, 2.75) is 34.6 Å². The van der Waals surface area contributed by atoms with Crippen molar-refractivity contribution < 1.29 is 23.5 Å². The van der Waals surface area contributed by atoms with Gasteiger partial charge >= 0.3 is 5.97 Å². The molecule has 0 aliphatic rings. The van der Waals surface area contributed by atoms with Gasteiger partial charge in [-0.05, 0) is 42.3 Å². The number of carbonyl (C=O) groups excluding carboxylic acids is 3. The van der Waals surface area contributed by atoms with Crippen molar-refractivity contribution in [1.82, 2.24) is 4.98 Å². The van der Waals surface area contributed by atoms with E-state index in [9.17, 15) is 18.8 Å². The first-order valence-electron chi connectivity index (χ1n) is 11.0. The van der Waals surface area contributed by atoms with E-state index < -0.39 is 35.4 Å². The van der Waals surface area contributed by atoms with E-state index in [1.165, 1.54) is 12.1 Å². The molecule has 1 aromatic carbocycles. The van der Waals surface area contributed by atoms with Gasteiger partial charge in [-0.15, -0.1) is 11.3 Å². The number of ether oxygens (including phenoxy) is 1. The number of hydrogen-bond acceptors (Lipinski definition) is 6. The molecule has 0 saturated carbocycles. The molecule has 0 atom stereocenters. The highest BCUT2D eigenvalue weighted by Gasteiger charge is 2.36. The SMILES string of the molecule is CCOC(=O)c1c(N(C(=O)C(C)C)C(=O)C(C)C)sc(-c2ccncc2)c1-c1ccc(F)cc1. The minimum atomic E-state index is -0.661. The molecule has 3 aromatic rings. The van der Waals surface area contributed by atoms with Gasteiger partial charge in [0, 0.05) is 34.7 Å². The second kappa shape index (κ2) is 10.7. The maximum Gasteiger partial charge on any atom is 0.341 e. The molecule has 0 radical (unpaired) electrons. The van der Waals surface area contributed by atoms with Gasteiger partial charge in [-0.1, -0.05) is 39.8 Å². The molecule has 178 valence electrons. The molecule has 34 heavy (non-hydrogen) atoms. The third-order valence-corrected chi connectivity index (χ3v) is 6.30. The predicted molar refractivity (Wildman–Crippen MR) is 131 cm³/mol. The molecule has 0 N–H and O–H groups in total. The third kappa shape index (κ3) is 5.07. The number of pyridine rings is 1. The Morgan fingerprint density at radius 2 is 1.50 bits per heavy atom. The van der Waals surface area contributed by atoms with Crippen molar-refractivity contribution in [1.29, 1.82) is 0 Å². The molecule has 2 amide bonds. The molecule has 0 aliphatic carbocycles. The topological polar surface area (TPSA) is 76.6 Å². The van der Waals surface area contributed by atoms with Gasteiger partial charge < -0.3 is 4.74 Å². The molecule has 2 heterocycles. The molecular formula is C26H27FN2O4S. The van der Waals surface area contributed by atoms with Crippen LogP contribution in [-0.2, 0) is 14.3 Å². The molecule has 0 spiro atoms. The van der Waals surface area contributed by atoms with Crippen LogP contribution in [0.2, 0.25) is 0 Å². The molecule has 3 rings (SSSR count).